The fraction of sp³-hybridized carbons (Fsp3) is 0.269. The average molecular weight is 402 g/mol. The lowest BCUT2D eigenvalue weighted by molar-refractivity contribution is -0.723. The van der Waals surface area contributed by atoms with Crippen molar-refractivity contribution in [2.24, 2.45) is 0 Å². The van der Waals surface area contributed by atoms with Gasteiger partial charge in [-0.05, 0) is 37.5 Å². The number of carbonyl (C=O) groups excluding carboxylic acids is 1. The Balaban J connectivity index is 1.61. The smallest absolute Gasteiger partial charge is 0.287 e. The van der Waals surface area contributed by atoms with Gasteiger partial charge in [-0.2, -0.15) is 0 Å². The van der Waals surface area contributed by atoms with Crippen LogP contribution in [0.4, 0.5) is 5.69 Å². The van der Waals surface area contributed by atoms with Crippen molar-refractivity contribution in [3.63, 3.8) is 0 Å². The van der Waals surface area contributed by atoms with Crippen LogP contribution in [-0.4, -0.2) is 12.5 Å². The van der Waals surface area contributed by atoms with E-state index in [9.17, 15) is 4.79 Å². The van der Waals surface area contributed by atoms with Gasteiger partial charge in [-0.3, -0.25) is 4.79 Å². The Morgan fingerprint density at radius 2 is 1.77 bits per heavy atom. The van der Waals surface area contributed by atoms with Gasteiger partial charge in [-0.1, -0.05) is 66.7 Å². The maximum atomic E-state index is 13.5. The summed E-state index contributed by atoms with van der Waals surface area (Å²) in [4.78, 5) is 13.5. The summed E-state index contributed by atoms with van der Waals surface area (Å²) >= 11 is 0. The number of aryl methyl sites for hydroxylation is 1. The molecule has 0 saturated heterocycles. The van der Waals surface area contributed by atoms with E-state index in [1.807, 2.05) is 61.5 Å². The topological polar surface area (TPSA) is 54.9 Å². The minimum absolute atomic E-state index is 0.0311. The first kappa shape index (κ1) is 20.2. The zero-order valence-electron chi connectivity index (χ0n) is 17.4. The number of ether oxygens (including phenoxy) is 1. The van der Waals surface area contributed by atoms with E-state index in [0.717, 1.165) is 24.8 Å². The van der Waals surface area contributed by atoms with Gasteiger partial charge in [0.1, 0.15) is 11.8 Å². The van der Waals surface area contributed by atoms with Gasteiger partial charge in [-0.15, -0.1) is 0 Å². The Bertz CT molecular complexity index is 987. The first-order valence-corrected chi connectivity index (χ1v) is 10.8. The summed E-state index contributed by atoms with van der Waals surface area (Å²) in [5.41, 5.74) is 4.47. The number of anilines is 1. The largest absolute Gasteiger partial charge is 0.492 e. The van der Waals surface area contributed by atoms with E-state index in [1.54, 1.807) is 0 Å². The van der Waals surface area contributed by atoms with Gasteiger partial charge in [-0.25, -0.2) is 0 Å². The molecule has 0 aliphatic heterocycles. The van der Waals surface area contributed by atoms with Crippen molar-refractivity contribution >= 4 is 11.6 Å². The number of nitrogens with two attached hydrogens (primary N) is 1. The average Bonchev–Trinajstić information content (AvgIpc) is 2.79. The van der Waals surface area contributed by atoms with Crippen LogP contribution in [-0.2, 0) is 11.2 Å². The number of nitrogens with one attached hydrogen (secondary N) is 1. The number of rotatable bonds is 7. The van der Waals surface area contributed by atoms with E-state index < -0.39 is 0 Å². The molecule has 0 heterocycles. The van der Waals surface area contributed by atoms with Gasteiger partial charge in [0.25, 0.3) is 5.91 Å². The standard InChI is InChI=1S/C26H28N2O2/c1-2-30-24-18-9-8-16-23(24)28-26(29)25(20-12-4-3-5-13-20)27-22-17-10-14-19-11-6-7-15-21(19)22/h3-9,11-13,15-16,18,22,25,27H,2,10,14,17H2,1H3,(H,28,29)/p+1/t22-,25+/m0/s1. The fourth-order valence-corrected chi connectivity index (χ4v) is 4.30. The number of quaternary nitrogens is 1. The summed E-state index contributed by atoms with van der Waals surface area (Å²) < 4.78 is 5.69. The lowest BCUT2D eigenvalue weighted by Gasteiger charge is -2.27. The number of fused-ring (bicyclic) bond motifs is 1. The molecule has 4 heteroatoms. The molecule has 0 spiro atoms. The molecule has 0 radical (unpaired) electrons. The first-order chi connectivity index (χ1) is 14.8. The Morgan fingerprint density at radius 3 is 2.60 bits per heavy atom. The van der Waals surface area contributed by atoms with Crippen LogP contribution in [0.2, 0.25) is 0 Å². The maximum absolute atomic E-state index is 13.5. The number of hydrogen-bond donors (Lipinski definition) is 2. The molecule has 0 aromatic heterocycles. The van der Waals surface area contributed by atoms with E-state index in [-0.39, 0.29) is 18.0 Å². The highest BCUT2D eigenvalue weighted by Crippen LogP contribution is 2.29. The van der Waals surface area contributed by atoms with Crippen LogP contribution in [0.1, 0.15) is 48.5 Å². The van der Waals surface area contributed by atoms with E-state index in [1.165, 1.54) is 11.1 Å². The van der Waals surface area contributed by atoms with Crippen LogP contribution >= 0.6 is 0 Å². The second kappa shape index (κ2) is 9.59. The predicted octanol–water partition coefficient (Wildman–Crippen LogP) is 4.41. The highest BCUT2D eigenvalue weighted by atomic mass is 16.5. The molecule has 154 valence electrons. The monoisotopic (exact) mass is 401 g/mol. The highest BCUT2D eigenvalue weighted by molar-refractivity contribution is 5.95. The summed E-state index contributed by atoms with van der Waals surface area (Å²) in [6.07, 6.45) is 3.34. The molecule has 3 N–H and O–H groups in total. The molecule has 1 aliphatic carbocycles. The lowest BCUT2D eigenvalue weighted by atomic mass is 9.87. The third-order valence-corrected chi connectivity index (χ3v) is 5.73. The minimum Gasteiger partial charge on any atom is -0.492 e. The van der Waals surface area contributed by atoms with Crippen LogP contribution in [0, 0.1) is 0 Å². The number of hydrogen-bond acceptors (Lipinski definition) is 2. The van der Waals surface area contributed by atoms with Gasteiger partial charge in [0.15, 0.2) is 6.04 Å². The molecule has 3 aromatic rings. The molecular formula is C26H29N2O2+. The summed E-state index contributed by atoms with van der Waals surface area (Å²) in [5, 5.41) is 5.34. The number of carbonyl (C=O) groups is 1. The Labute approximate surface area is 178 Å². The SMILES string of the molecule is CCOc1ccccc1NC(=O)[C@H]([NH2+][C@H]1CCCc2ccccc21)c1ccccc1. The molecule has 1 amide bonds. The molecule has 3 aromatic carbocycles. The Kier molecular flexibility index (Phi) is 6.45. The highest BCUT2D eigenvalue weighted by Gasteiger charge is 2.31. The van der Waals surface area contributed by atoms with Gasteiger partial charge >= 0.3 is 0 Å². The molecular weight excluding hydrogens is 372 g/mol. The molecule has 4 rings (SSSR count). The van der Waals surface area contributed by atoms with Crippen molar-refractivity contribution in [3.05, 3.63) is 95.6 Å². The quantitative estimate of drug-likeness (QED) is 0.616. The summed E-state index contributed by atoms with van der Waals surface area (Å²) in [5.74, 6) is 0.666. The van der Waals surface area contributed by atoms with Gasteiger partial charge in [0.2, 0.25) is 0 Å². The first-order valence-electron chi connectivity index (χ1n) is 10.8. The van der Waals surface area contributed by atoms with Gasteiger partial charge in [0, 0.05) is 17.5 Å². The maximum Gasteiger partial charge on any atom is 0.287 e. The number of amides is 1. The van der Waals surface area contributed by atoms with Gasteiger partial charge < -0.3 is 15.4 Å². The van der Waals surface area contributed by atoms with Crippen LogP contribution < -0.4 is 15.4 Å². The molecule has 4 nitrogen and oxygen atoms in total. The third kappa shape index (κ3) is 4.55. The zero-order valence-corrected chi connectivity index (χ0v) is 17.4. The van der Waals surface area contributed by atoms with Crippen molar-refractivity contribution in [1.82, 2.24) is 0 Å². The molecule has 30 heavy (non-hydrogen) atoms. The normalized spacial score (nSPS) is 16.4. The second-order valence-electron chi connectivity index (χ2n) is 7.70. The van der Waals surface area contributed by atoms with Crippen molar-refractivity contribution in [2.75, 3.05) is 11.9 Å². The van der Waals surface area contributed by atoms with Gasteiger partial charge in [0.05, 0.1) is 12.3 Å². The molecule has 2 atom stereocenters. The second-order valence-corrected chi connectivity index (χ2v) is 7.70. The zero-order chi connectivity index (χ0) is 20.8. The molecule has 0 fully saturated rings. The molecule has 0 bridgehead atoms. The molecule has 0 saturated carbocycles. The van der Waals surface area contributed by atoms with Crippen LogP contribution in [0.5, 0.6) is 5.75 Å². The van der Waals surface area contributed by atoms with Crippen LogP contribution in [0.15, 0.2) is 78.9 Å². The van der Waals surface area contributed by atoms with Crippen LogP contribution in [0.25, 0.3) is 0 Å². The summed E-state index contributed by atoms with van der Waals surface area (Å²) in [7, 11) is 0. The third-order valence-electron chi connectivity index (χ3n) is 5.73. The van der Waals surface area contributed by atoms with Crippen molar-refractivity contribution < 1.29 is 14.8 Å². The van der Waals surface area contributed by atoms with Crippen molar-refractivity contribution in [1.29, 1.82) is 0 Å². The Morgan fingerprint density at radius 1 is 1.03 bits per heavy atom. The Hall–Kier alpha value is -3.11. The summed E-state index contributed by atoms with van der Waals surface area (Å²) in [6, 6.07) is 26.2. The minimum atomic E-state index is -0.336. The summed E-state index contributed by atoms with van der Waals surface area (Å²) in [6.45, 7) is 2.50. The van der Waals surface area contributed by atoms with E-state index >= 15 is 0 Å². The predicted molar refractivity (Wildman–Crippen MR) is 119 cm³/mol. The molecule has 0 unspecified atom stereocenters. The van der Waals surface area contributed by atoms with Crippen LogP contribution in [0.3, 0.4) is 0 Å². The fourth-order valence-electron chi connectivity index (χ4n) is 4.30. The number of benzene rings is 3. The van der Waals surface area contributed by atoms with E-state index in [4.69, 9.17) is 4.74 Å². The number of para-hydroxylation sites is 2. The van der Waals surface area contributed by atoms with E-state index in [0.29, 0.717) is 18.0 Å². The lowest BCUT2D eigenvalue weighted by Crippen LogP contribution is -2.88. The van der Waals surface area contributed by atoms with E-state index in [2.05, 4.69) is 34.9 Å². The van der Waals surface area contributed by atoms with Crippen molar-refractivity contribution in [3.8, 4) is 5.75 Å². The molecule has 1 aliphatic rings. The van der Waals surface area contributed by atoms with Crippen molar-refractivity contribution in [2.45, 2.75) is 38.3 Å².